The van der Waals surface area contributed by atoms with Crippen LogP contribution in [0.1, 0.15) is 37.7 Å². The summed E-state index contributed by atoms with van der Waals surface area (Å²) in [4.78, 5) is 35.9. The van der Waals surface area contributed by atoms with E-state index in [-0.39, 0.29) is 23.0 Å². The van der Waals surface area contributed by atoms with Gasteiger partial charge in [0.25, 0.3) is 5.56 Å². The van der Waals surface area contributed by atoms with E-state index < -0.39 is 23.0 Å². The molecule has 0 aliphatic heterocycles. The minimum absolute atomic E-state index is 0.224. The van der Waals surface area contributed by atoms with Crippen LogP contribution in [0.2, 0.25) is 0 Å². The summed E-state index contributed by atoms with van der Waals surface area (Å²) >= 11 is 0. The number of aromatic nitrogens is 2. The van der Waals surface area contributed by atoms with E-state index in [2.05, 4.69) is 10.4 Å². The van der Waals surface area contributed by atoms with Crippen LogP contribution < -0.4 is 10.9 Å². The summed E-state index contributed by atoms with van der Waals surface area (Å²) in [5, 5.41) is 16.4. The summed E-state index contributed by atoms with van der Waals surface area (Å²) in [6, 6.07) is 6.32. The summed E-state index contributed by atoms with van der Waals surface area (Å²) in [6.07, 6.45) is 0.721. The van der Waals surface area contributed by atoms with E-state index in [4.69, 9.17) is 0 Å². The lowest BCUT2D eigenvalue weighted by atomic mass is 10.0. The second kappa shape index (κ2) is 6.20. The minimum atomic E-state index is -1.25. The quantitative estimate of drug-likeness (QED) is 0.868. The van der Waals surface area contributed by atoms with Crippen molar-refractivity contribution in [2.24, 2.45) is 0 Å². The molecular formula is C16H19N3O4. The minimum Gasteiger partial charge on any atom is -0.476 e. The number of amides is 1. The van der Waals surface area contributed by atoms with Crippen LogP contribution in [-0.4, -0.2) is 32.3 Å². The Labute approximate surface area is 132 Å². The highest BCUT2D eigenvalue weighted by Crippen LogP contribution is 2.13. The van der Waals surface area contributed by atoms with Crippen molar-refractivity contribution >= 4 is 22.6 Å². The van der Waals surface area contributed by atoms with E-state index >= 15 is 0 Å². The summed E-state index contributed by atoms with van der Waals surface area (Å²) in [5.74, 6) is -1.64. The van der Waals surface area contributed by atoms with E-state index in [1.54, 1.807) is 12.1 Å². The number of benzene rings is 1. The molecule has 2 aromatic rings. The van der Waals surface area contributed by atoms with Crippen molar-refractivity contribution in [2.75, 3.05) is 0 Å². The van der Waals surface area contributed by atoms with Crippen molar-refractivity contribution in [2.45, 2.75) is 39.3 Å². The number of carbonyl (C=O) groups is 2. The van der Waals surface area contributed by atoms with Crippen molar-refractivity contribution in [3.8, 4) is 0 Å². The molecule has 0 bridgehead atoms. The molecule has 0 saturated carbocycles. The molecule has 0 saturated heterocycles. The predicted octanol–water partition coefficient (Wildman–Crippen LogP) is 1.40. The van der Waals surface area contributed by atoms with Crippen LogP contribution in [0.4, 0.5) is 0 Å². The van der Waals surface area contributed by atoms with Gasteiger partial charge in [-0.25, -0.2) is 9.48 Å². The number of rotatable bonds is 5. The van der Waals surface area contributed by atoms with Gasteiger partial charge in [-0.3, -0.25) is 9.59 Å². The lowest BCUT2D eigenvalue weighted by molar-refractivity contribution is -0.123. The third-order valence-electron chi connectivity index (χ3n) is 3.73. The normalized spacial score (nSPS) is 11.4. The van der Waals surface area contributed by atoms with Crippen LogP contribution in [0.25, 0.3) is 10.8 Å². The number of nitrogens with zero attached hydrogens (tertiary/aromatic N) is 2. The average molecular weight is 317 g/mol. The Kier molecular flexibility index (Phi) is 4.49. The summed E-state index contributed by atoms with van der Waals surface area (Å²) in [5.41, 5.74) is -1.15. The fraction of sp³-hybridized carbons (Fsp3) is 0.375. The van der Waals surface area contributed by atoms with Gasteiger partial charge >= 0.3 is 5.97 Å². The Morgan fingerprint density at radius 3 is 2.43 bits per heavy atom. The Morgan fingerprint density at radius 1 is 1.26 bits per heavy atom. The smallest absolute Gasteiger partial charge is 0.357 e. The maximum atomic E-state index is 12.4. The van der Waals surface area contributed by atoms with E-state index in [1.165, 1.54) is 12.1 Å². The van der Waals surface area contributed by atoms with Crippen molar-refractivity contribution < 1.29 is 14.7 Å². The molecular weight excluding hydrogens is 298 g/mol. The number of hydrogen-bond acceptors (Lipinski definition) is 4. The van der Waals surface area contributed by atoms with Gasteiger partial charge in [0.2, 0.25) is 5.91 Å². The first-order valence-corrected chi connectivity index (χ1v) is 7.29. The molecule has 1 aromatic carbocycles. The van der Waals surface area contributed by atoms with E-state index in [1.807, 2.05) is 20.8 Å². The molecule has 2 rings (SSSR count). The van der Waals surface area contributed by atoms with Crippen LogP contribution in [0.15, 0.2) is 29.1 Å². The van der Waals surface area contributed by atoms with Gasteiger partial charge in [0.1, 0.15) is 6.54 Å². The third-order valence-corrected chi connectivity index (χ3v) is 3.73. The first kappa shape index (κ1) is 16.7. The number of aromatic carboxylic acids is 1. The molecule has 7 nitrogen and oxygen atoms in total. The molecule has 1 heterocycles. The zero-order valence-electron chi connectivity index (χ0n) is 13.3. The van der Waals surface area contributed by atoms with Gasteiger partial charge in [-0.2, -0.15) is 5.10 Å². The number of nitrogens with one attached hydrogen (secondary N) is 1. The van der Waals surface area contributed by atoms with E-state index in [9.17, 15) is 19.5 Å². The lowest BCUT2D eigenvalue weighted by Crippen LogP contribution is -2.45. The SMILES string of the molecule is CCC(C)(C)NC(=O)Cn1nc(C(=O)O)c2ccccc2c1=O. The van der Waals surface area contributed by atoms with Gasteiger partial charge in [0, 0.05) is 10.9 Å². The molecule has 1 amide bonds. The molecule has 7 heteroatoms. The number of carboxylic acids is 1. The number of hydrogen-bond donors (Lipinski definition) is 2. The molecule has 1 aromatic heterocycles. The third kappa shape index (κ3) is 3.56. The molecule has 0 unspecified atom stereocenters. The Balaban J connectivity index is 2.46. The average Bonchev–Trinajstić information content (AvgIpc) is 2.49. The van der Waals surface area contributed by atoms with Crippen LogP contribution >= 0.6 is 0 Å². The summed E-state index contributed by atoms with van der Waals surface area (Å²) in [6.45, 7) is 5.34. The highest BCUT2D eigenvalue weighted by molar-refractivity contribution is 6.01. The van der Waals surface area contributed by atoms with E-state index in [0.717, 1.165) is 11.1 Å². The van der Waals surface area contributed by atoms with Gasteiger partial charge in [-0.15, -0.1) is 0 Å². The zero-order valence-corrected chi connectivity index (χ0v) is 13.3. The molecule has 23 heavy (non-hydrogen) atoms. The number of carboxylic acid groups (broad SMARTS) is 1. The maximum Gasteiger partial charge on any atom is 0.357 e. The van der Waals surface area contributed by atoms with Crippen molar-refractivity contribution in [1.29, 1.82) is 0 Å². The van der Waals surface area contributed by atoms with Gasteiger partial charge in [0.15, 0.2) is 5.69 Å². The number of carbonyl (C=O) groups excluding carboxylic acids is 1. The predicted molar refractivity (Wildman–Crippen MR) is 85.5 cm³/mol. The summed E-state index contributed by atoms with van der Waals surface area (Å²) in [7, 11) is 0. The monoisotopic (exact) mass is 317 g/mol. The molecule has 0 spiro atoms. The van der Waals surface area contributed by atoms with Crippen molar-refractivity contribution in [3.63, 3.8) is 0 Å². The molecule has 2 N–H and O–H groups in total. The molecule has 0 atom stereocenters. The molecule has 122 valence electrons. The first-order chi connectivity index (χ1) is 10.7. The molecule has 0 fully saturated rings. The first-order valence-electron chi connectivity index (χ1n) is 7.29. The van der Waals surface area contributed by atoms with Gasteiger partial charge in [0.05, 0.1) is 5.39 Å². The maximum absolute atomic E-state index is 12.4. The van der Waals surface area contributed by atoms with Gasteiger partial charge < -0.3 is 10.4 Å². The van der Waals surface area contributed by atoms with E-state index in [0.29, 0.717) is 0 Å². The largest absolute Gasteiger partial charge is 0.476 e. The molecule has 0 radical (unpaired) electrons. The fourth-order valence-electron chi connectivity index (χ4n) is 2.14. The summed E-state index contributed by atoms with van der Waals surface area (Å²) < 4.78 is 0.896. The van der Waals surface area contributed by atoms with Crippen LogP contribution in [0.5, 0.6) is 0 Å². The van der Waals surface area contributed by atoms with Crippen LogP contribution in [0.3, 0.4) is 0 Å². The second-order valence-corrected chi connectivity index (χ2v) is 5.95. The lowest BCUT2D eigenvalue weighted by Gasteiger charge is -2.24. The van der Waals surface area contributed by atoms with Crippen LogP contribution in [0, 0.1) is 0 Å². The standard InChI is InChI=1S/C16H19N3O4/c1-4-16(2,3)17-12(20)9-19-14(21)11-8-6-5-7-10(11)13(18-19)15(22)23/h5-8H,4,9H2,1-3H3,(H,17,20)(H,22,23). The fourth-order valence-corrected chi connectivity index (χ4v) is 2.14. The zero-order chi connectivity index (χ0) is 17.2. The Morgan fingerprint density at radius 2 is 1.87 bits per heavy atom. The topological polar surface area (TPSA) is 101 Å². The molecule has 0 aliphatic rings. The number of fused-ring (bicyclic) bond motifs is 1. The second-order valence-electron chi connectivity index (χ2n) is 5.95. The van der Waals surface area contributed by atoms with Crippen molar-refractivity contribution in [3.05, 3.63) is 40.3 Å². The highest BCUT2D eigenvalue weighted by Gasteiger charge is 2.20. The highest BCUT2D eigenvalue weighted by atomic mass is 16.4. The Bertz CT molecular complexity index is 824. The van der Waals surface area contributed by atoms with Crippen LogP contribution in [-0.2, 0) is 11.3 Å². The Hall–Kier alpha value is -2.70. The van der Waals surface area contributed by atoms with Gasteiger partial charge in [-0.1, -0.05) is 25.1 Å². The van der Waals surface area contributed by atoms with Crippen molar-refractivity contribution in [1.82, 2.24) is 15.1 Å². The molecule has 0 aliphatic carbocycles. The van der Waals surface area contributed by atoms with Gasteiger partial charge in [-0.05, 0) is 26.3 Å².